The lowest BCUT2D eigenvalue weighted by molar-refractivity contribution is 0.101. The van der Waals surface area contributed by atoms with Gasteiger partial charge < -0.3 is 5.11 Å². The molecule has 0 saturated heterocycles. The predicted molar refractivity (Wildman–Crippen MR) is 65.8 cm³/mol. The lowest BCUT2D eigenvalue weighted by Crippen LogP contribution is -2.21. The van der Waals surface area contributed by atoms with Gasteiger partial charge in [-0.25, -0.2) is 0 Å². The lowest BCUT2D eigenvalue weighted by Gasteiger charge is -2.26. The zero-order valence-electron chi connectivity index (χ0n) is 8.82. The summed E-state index contributed by atoms with van der Waals surface area (Å²) in [5.74, 6) is 0.660. The Morgan fingerprint density at radius 1 is 1.27 bits per heavy atom. The van der Waals surface area contributed by atoms with Crippen molar-refractivity contribution in [3.8, 4) is 0 Å². The van der Waals surface area contributed by atoms with Crippen molar-refractivity contribution in [2.75, 3.05) is 0 Å². The van der Waals surface area contributed by atoms with Crippen molar-refractivity contribution >= 4 is 15.9 Å². The molecule has 82 valence electrons. The largest absolute Gasteiger partial charge is 0.393 e. The van der Waals surface area contributed by atoms with E-state index < -0.39 is 0 Å². The van der Waals surface area contributed by atoms with E-state index in [9.17, 15) is 5.11 Å². The molecule has 0 aliphatic heterocycles. The molecule has 0 radical (unpaired) electrons. The van der Waals surface area contributed by atoms with Gasteiger partial charge in [-0.15, -0.1) is 0 Å². The maximum absolute atomic E-state index is 9.62. The molecule has 0 spiro atoms. The third-order valence-electron chi connectivity index (χ3n) is 3.22. The van der Waals surface area contributed by atoms with E-state index >= 15 is 0 Å². The number of halogens is 1. The second kappa shape index (κ2) is 5.13. The first-order valence-corrected chi connectivity index (χ1v) is 6.46. The van der Waals surface area contributed by atoms with Crippen molar-refractivity contribution in [2.45, 2.75) is 38.2 Å². The van der Waals surface area contributed by atoms with Crippen LogP contribution in [-0.2, 0) is 6.42 Å². The third kappa shape index (κ3) is 3.05. The molecule has 1 aromatic rings. The Morgan fingerprint density at radius 2 is 2.07 bits per heavy atom. The van der Waals surface area contributed by atoms with E-state index in [0.29, 0.717) is 5.92 Å². The first kappa shape index (κ1) is 11.2. The zero-order chi connectivity index (χ0) is 10.7. The predicted octanol–water partition coefficient (Wildman–Crippen LogP) is 3.54. The fourth-order valence-corrected chi connectivity index (χ4v) is 2.87. The van der Waals surface area contributed by atoms with Crippen molar-refractivity contribution < 1.29 is 5.11 Å². The van der Waals surface area contributed by atoms with Crippen molar-refractivity contribution in [2.24, 2.45) is 5.92 Å². The van der Waals surface area contributed by atoms with Crippen LogP contribution >= 0.6 is 15.9 Å². The first-order valence-electron chi connectivity index (χ1n) is 5.67. The van der Waals surface area contributed by atoms with E-state index in [4.69, 9.17) is 0 Å². The van der Waals surface area contributed by atoms with Crippen LogP contribution in [-0.4, -0.2) is 11.2 Å². The summed E-state index contributed by atoms with van der Waals surface area (Å²) in [4.78, 5) is 0. The molecule has 0 aromatic heterocycles. The molecule has 1 nitrogen and oxygen atoms in total. The standard InChI is InChI=1S/C13H17BrO/c14-13-7-2-1-5-11(13)8-10-4-3-6-12(15)9-10/h1-2,5,7,10,12,15H,3-4,6,8-9H2. The summed E-state index contributed by atoms with van der Waals surface area (Å²) in [6.45, 7) is 0. The fraction of sp³-hybridized carbons (Fsp3) is 0.538. The van der Waals surface area contributed by atoms with Gasteiger partial charge >= 0.3 is 0 Å². The van der Waals surface area contributed by atoms with E-state index in [1.807, 2.05) is 6.07 Å². The van der Waals surface area contributed by atoms with Crippen LogP contribution in [0.4, 0.5) is 0 Å². The summed E-state index contributed by atoms with van der Waals surface area (Å²) in [6, 6.07) is 8.39. The van der Waals surface area contributed by atoms with Crippen molar-refractivity contribution in [3.05, 3.63) is 34.3 Å². The highest BCUT2D eigenvalue weighted by molar-refractivity contribution is 9.10. The van der Waals surface area contributed by atoms with Crippen LogP contribution in [0.1, 0.15) is 31.2 Å². The molecular formula is C13H17BrO. The van der Waals surface area contributed by atoms with Gasteiger partial charge in [-0.05, 0) is 43.2 Å². The van der Waals surface area contributed by atoms with E-state index in [2.05, 4.69) is 34.1 Å². The monoisotopic (exact) mass is 268 g/mol. The molecule has 1 aliphatic rings. The molecule has 2 rings (SSSR count). The maximum atomic E-state index is 9.62. The van der Waals surface area contributed by atoms with Crippen LogP contribution in [0.3, 0.4) is 0 Å². The minimum atomic E-state index is -0.0637. The summed E-state index contributed by atoms with van der Waals surface area (Å²) in [6.07, 6.45) is 5.44. The normalized spacial score (nSPS) is 26.5. The van der Waals surface area contributed by atoms with E-state index in [1.165, 1.54) is 22.9 Å². The molecule has 1 N–H and O–H groups in total. The molecule has 1 fully saturated rings. The van der Waals surface area contributed by atoms with Gasteiger partial charge in [-0.3, -0.25) is 0 Å². The second-order valence-corrected chi connectivity index (χ2v) is 5.34. The Hall–Kier alpha value is -0.340. The summed E-state index contributed by atoms with van der Waals surface area (Å²) >= 11 is 3.58. The Balaban J connectivity index is 1.99. The molecule has 15 heavy (non-hydrogen) atoms. The van der Waals surface area contributed by atoms with Crippen LogP contribution in [0, 0.1) is 5.92 Å². The highest BCUT2D eigenvalue weighted by Gasteiger charge is 2.20. The van der Waals surface area contributed by atoms with Gasteiger partial charge in [0.1, 0.15) is 0 Å². The Morgan fingerprint density at radius 3 is 2.80 bits per heavy atom. The summed E-state index contributed by atoms with van der Waals surface area (Å²) in [7, 11) is 0. The number of hydrogen-bond donors (Lipinski definition) is 1. The van der Waals surface area contributed by atoms with Gasteiger partial charge in [-0.2, -0.15) is 0 Å². The maximum Gasteiger partial charge on any atom is 0.0543 e. The highest BCUT2D eigenvalue weighted by atomic mass is 79.9. The molecule has 0 bridgehead atoms. The Bertz CT molecular complexity index is 324. The molecule has 2 unspecified atom stereocenters. The topological polar surface area (TPSA) is 20.2 Å². The molecule has 0 amide bonds. The average Bonchev–Trinajstić information content (AvgIpc) is 2.22. The van der Waals surface area contributed by atoms with Crippen molar-refractivity contribution in [3.63, 3.8) is 0 Å². The first-order chi connectivity index (χ1) is 7.25. The van der Waals surface area contributed by atoms with Crippen LogP contribution in [0.25, 0.3) is 0 Å². The van der Waals surface area contributed by atoms with Crippen molar-refractivity contribution in [1.82, 2.24) is 0 Å². The molecule has 0 heterocycles. The van der Waals surface area contributed by atoms with E-state index in [-0.39, 0.29) is 6.10 Å². The number of aliphatic hydroxyl groups excluding tert-OH is 1. The molecule has 1 aromatic carbocycles. The van der Waals surface area contributed by atoms with Crippen LogP contribution in [0.5, 0.6) is 0 Å². The minimum Gasteiger partial charge on any atom is -0.393 e. The van der Waals surface area contributed by atoms with E-state index in [1.54, 1.807) is 0 Å². The minimum absolute atomic E-state index is 0.0637. The van der Waals surface area contributed by atoms with Gasteiger partial charge in [0.05, 0.1) is 6.10 Å². The number of aliphatic hydroxyl groups is 1. The van der Waals surface area contributed by atoms with E-state index in [0.717, 1.165) is 19.3 Å². The molecule has 1 aliphatic carbocycles. The number of benzene rings is 1. The summed E-state index contributed by atoms with van der Waals surface area (Å²) < 4.78 is 1.20. The lowest BCUT2D eigenvalue weighted by atomic mass is 9.83. The SMILES string of the molecule is OC1CCCC(Cc2ccccc2Br)C1. The molecule has 1 saturated carbocycles. The van der Waals surface area contributed by atoms with Gasteiger partial charge in [0.15, 0.2) is 0 Å². The molecule has 2 atom stereocenters. The third-order valence-corrected chi connectivity index (χ3v) is 4.00. The Kier molecular flexibility index (Phi) is 3.81. The number of rotatable bonds is 2. The summed E-state index contributed by atoms with van der Waals surface area (Å²) in [5.41, 5.74) is 1.37. The van der Waals surface area contributed by atoms with Crippen LogP contribution in [0.2, 0.25) is 0 Å². The molecule has 2 heteroatoms. The fourth-order valence-electron chi connectivity index (χ4n) is 2.42. The smallest absolute Gasteiger partial charge is 0.0543 e. The average molecular weight is 269 g/mol. The van der Waals surface area contributed by atoms with Crippen LogP contribution < -0.4 is 0 Å². The van der Waals surface area contributed by atoms with Gasteiger partial charge in [0.2, 0.25) is 0 Å². The van der Waals surface area contributed by atoms with Gasteiger partial charge in [-0.1, -0.05) is 40.5 Å². The zero-order valence-corrected chi connectivity index (χ0v) is 10.4. The van der Waals surface area contributed by atoms with Crippen molar-refractivity contribution in [1.29, 1.82) is 0 Å². The summed E-state index contributed by atoms with van der Waals surface area (Å²) in [5, 5.41) is 9.62. The van der Waals surface area contributed by atoms with Gasteiger partial charge in [0.25, 0.3) is 0 Å². The van der Waals surface area contributed by atoms with Gasteiger partial charge in [0, 0.05) is 4.47 Å². The van der Waals surface area contributed by atoms with Crippen LogP contribution in [0.15, 0.2) is 28.7 Å². The number of hydrogen-bond acceptors (Lipinski definition) is 1. The molecular weight excluding hydrogens is 252 g/mol. The highest BCUT2D eigenvalue weighted by Crippen LogP contribution is 2.29. The quantitative estimate of drug-likeness (QED) is 0.870. The second-order valence-electron chi connectivity index (χ2n) is 4.48. The Labute approximate surface area is 99.6 Å².